The SMILES string of the molecule is CCc1ccc(N=C2NC(=O)C(Cc3ccc(Cl)c(Cl)c3)S2)cc1. The molecule has 1 N–H and O–H groups in total. The second-order valence-electron chi connectivity index (χ2n) is 5.49. The fourth-order valence-electron chi connectivity index (χ4n) is 2.40. The summed E-state index contributed by atoms with van der Waals surface area (Å²) >= 11 is 13.4. The number of halogens is 2. The normalized spacial score (nSPS) is 18.9. The van der Waals surface area contributed by atoms with Gasteiger partial charge in [0.1, 0.15) is 0 Å². The first kappa shape index (κ1) is 17.3. The van der Waals surface area contributed by atoms with Crippen molar-refractivity contribution in [2.24, 2.45) is 4.99 Å². The predicted molar refractivity (Wildman–Crippen MR) is 103 cm³/mol. The Morgan fingerprint density at radius 2 is 1.79 bits per heavy atom. The van der Waals surface area contributed by atoms with E-state index in [4.69, 9.17) is 23.2 Å². The van der Waals surface area contributed by atoms with Crippen LogP contribution in [0.3, 0.4) is 0 Å². The molecule has 1 saturated heterocycles. The van der Waals surface area contributed by atoms with Crippen LogP contribution < -0.4 is 5.32 Å². The van der Waals surface area contributed by atoms with E-state index in [1.165, 1.54) is 17.3 Å². The highest BCUT2D eigenvalue weighted by Gasteiger charge is 2.30. The second kappa shape index (κ2) is 7.60. The highest BCUT2D eigenvalue weighted by atomic mass is 35.5. The number of amides is 1. The molecule has 1 unspecified atom stereocenters. The molecular formula is C18H16Cl2N2OS. The van der Waals surface area contributed by atoms with E-state index in [1.54, 1.807) is 12.1 Å². The molecule has 1 atom stereocenters. The maximum atomic E-state index is 12.2. The smallest absolute Gasteiger partial charge is 0.239 e. The first-order chi connectivity index (χ1) is 11.5. The Balaban J connectivity index is 1.70. The average molecular weight is 379 g/mol. The van der Waals surface area contributed by atoms with Crippen LogP contribution in [0, 0.1) is 0 Å². The van der Waals surface area contributed by atoms with Crippen LogP contribution in [-0.2, 0) is 17.6 Å². The van der Waals surface area contributed by atoms with Crippen LogP contribution in [0.2, 0.25) is 10.0 Å². The zero-order valence-corrected chi connectivity index (χ0v) is 15.4. The Hall–Kier alpha value is -1.49. The van der Waals surface area contributed by atoms with Gasteiger partial charge in [0.2, 0.25) is 5.91 Å². The summed E-state index contributed by atoms with van der Waals surface area (Å²) in [6.07, 6.45) is 1.58. The molecule has 0 radical (unpaired) electrons. The fourth-order valence-corrected chi connectivity index (χ4v) is 3.75. The highest BCUT2D eigenvalue weighted by Crippen LogP contribution is 2.28. The maximum Gasteiger partial charge on any atom is 0.239 e. The summed E-state index contributed by atoms with van der Waals surface area (Å²) < 4.78 is 0. The molecule has 1 heterocycles. The van der Waals surface area contributed by atoms with E-state index in [1.807, 2.05) is 30.3 Å². The monoisotopic (exact) mass is 378 g/mol. The van der Waals surface area contributed by atoms with Crippen LogP contribution in [-0.4, -0.2) is 16.3 Å². The molecule has 3 rings (SSSR count). The van der Waals surface area contributed by atoms with E-state index >= 15 is 0 Å². The minimum absolute atomic E-state index is 0.0324. The summed E-state index contributed by atoms with van der Waals surface area (Å²) in [5.74, 6) is -0.0324. The zero-order valence-electron chi connectivity index (χ0n) is 13.1. The largest absolute Gasteiger partial charge is 0.304 e. The van der Waals surface area contributed by atoms with Crippen LogP contribution in [0.5, 0.6) is 0 Å². The van der Waals surface area contributed by atoms with Gasteiger partial charge in [-0.2, -0.15) is 0 Å². The van der Waals surface area contributed by atoms with Gasteiger partial charge >= 0.3 is 0 Å². The zero-order chi connectivity index (χ0) is 17.1. The van der Waals surface area contributed by atoms with Crippen molar-refractivity contribution < 1.29 is 4.79 Å². The third kappa shape index (κ3) is 4.12. The molecule has 0 aromatic heterocycles. The second-order valence-corrected chi connectivity index (χ2v) is 7.49. The van der Waals surface area contributed by atoms with Gasteiger partial charge in [-0.15, -0.1) is 0 Å². The van der Waals surface area contributed by atoms with E-state index in [9.17, 15) is 4.79 Å². The number of hydrogen-bond donors (Lipinski definition) is 1. The third-order valence-corrected chi connectivity index (χ3v) is 5.58. The van der Waals surface area contributed by atoms with Crippen molar-refractivity contribution in [3.05, 3.63) is 63.6 Å². The molecule has 6 heteroatoms. The van der Waals surface area contributed by atoms with Crippen molar-refractivity contribution >= 4 is 51.7 Å². The number of hydrogen-bond acceptors (Lipinski definition) is 3. The molecule has 124 valence electrons. The lowest BCUT2D eigenvalue weighted by Gasteiger charge is -2.06. The van der Waals surface area contributed by atoms with Crippen molar-refractivity contribution in [3.63, 3.8) is 0 Å². The van der Waals surface area contributed by atoms with Gasteiger partial charge in [0.15, 0.2) is 5.17 Å². The van der Waals surface area contributed by atoms with Crippen LogP contribution in [0.25, 0.3) is 0 Å². The maximum absolute atomic E-state index is 12.2. The van der Waals surface area contributed by atoms with Crippen molar-refractivity contribution in [2.45, 2.75) is 25.0 Å². The van der Waals surface area contributed by atoms with Gasteiger partial charge in [0.05, 0.1) is 21.0 Å². The molecule has 3 nitrogen and oxygen atoms in total. The van der Waals surface area contributed by atoms with Crippen LogP contribution in [0.1, 0.15) is 18.1 Å². The van der Waals surface area contributed by atoms with Gasteiger partial charge < -0.3 is 5.32 Å². The Morgan fingerprint density at radius 3 is 2.46 bits per heavy atom. The first-order valence-corrected chi connectivity index (χ1v) is 9.28. The molecule has 0 aliphatic carbocycles. The molecule has 1 amide bonds. The molecule has 0 bridgehead atoms. The predicted octanol–water partition coefficient (Wildman–Crippen LogP) is 5.02. The van der Waals surface area contributed by atoms with E-state index in [0.717, 1.165) is 17.7 Å². The number of carbonyl (C=O) groups excluding carboxylic acids is 1. The lowest BCUT2D eigenvalue weighted by Crippen LogP contribution is -2.25. The van der Waals surface area contributed by atoms with Crippen molar-refractivity contribution in [3.8, 4) is 0 Å². The third-order valence-electron chi connectivity index (χ3n) is 3.76. The van der Waals surface area contributed by atoms with Gasteiger partial charge in [0, 0.05) is 0 Å². The number of rotatable bonds is 4. The number of benzene rings is 2. The first-order valence-electron chi connectivity index (χ1n) is 7.64. The minimum Gasteiger partial charge on any atom is -0.304 e. The summed E-state index contributed by atoms with van der Waals surface area (Å²) in [4.78, 5) is 16.7. The van der Waals surface area contributed by atoms with E-state index in [0.29, 0.717) is 21.6 Å². The molecule has 1 aliphatic heterocycles. The number of nitrogens with zero attached hydrogens (tertiary/aromatic N) is 1. The van der Waals surface area contributed by atoms with E-state index in [-0.39, 0.29) is 11.2 Å². The topological polar surface area (TPSA) is 41.5 Å². The Bertz CT molecular complexity index is 790. The average Bonchev–Trinajstić information content (AvgIpc) is 2.91. The molecule has 2 aromatic carbocycles. The van der Waals surface area contributed by atoms with Gasteiger partial charge in [-0.1, -0.05) is 60.1 Å². The van der Waals surface area contributed by atoms with Gasteiger partial charge in [-0.25, -0.2) is 4.99 Å². The molecule has 0 spiro atoms. The van der Waals surface area contributed by atoms with Gasteiger partial charge in [0.25, 0.3) is 0 Å². The number of thioether (sulfide) groups is 1. The Morgan fingerprint density at radius 1 is 1.08 bits per heavy atom. The standard InChI is InChI=1S/C18H16Cl2N2OS/c1-2-11-3-6-13(7-4-11)21-18-22-17(23)16(24-18)10-12-5-8-14(19)15(20)9-12/h3-9,16H,2,10H2,1H3,(H,21,22,23). The number of carbonyl (C=O) groups is 1. The molecule has 2 aromatic rings. The molecule has 24 heavy (non-hydrogen) atoms. The Kier molecular flexibility index (Phi) is 5.49. The van der Waals surface area contributed by atoms with Crippen molar-refractivity contribution in [1.82, 2.24) is 5.32 Å². The summed E-state index contributed by atoms with van der Waals surface area (Å²) in [5, 5.41) is 4.28. The summed E-state index contributed by atoms with van der Waals surface area (Å²) in [7, 11) is 0. The lowest BCUT2D eigenvalue weighted by atomic mass is 10.1. The van der Waals surface area contributed by atoms with E-state index in [2.05, 4.69) is 17.2 Å². The van der Waals surface area contributed by atoms with Crippen LogP contribution >= 0.6 is 35.0 Å². The molecular weight excluding hydrogens is 363 g/mol. The number of aliphatic imine (C=N–C) groups is 1. The minimum atomic E-state index is -0.212. The summed E-state index contributed by atoms with van der Waals surface area (Å²) in [6.45, 7) is 2.11. The fraction of sp³-hybridized carbons (Fsp3) is 0.222. The lowest BCUT2D eigenvalue weighted by molar-refractivity contribution is -0.118. The van der Waals surface area contributed by atoms with Crippen LogP contribution in [0.4, 0.5) is 5.69 Å². The van der Waals surface area contributed by atoms with Crippen molar-refractivity contribution in [2.75, 3.05) is 0 Å². The molecule has 1 fully saturated rings. The number of nitrogens with one attached hydrogen (secondary N) is 1. The van der Waals surface area contributed by atoms with Crippen molar-refractivity contribution in [1.29, 1.82) is 0 Å². The molecule has 0 saturated carbocycles. The number of amidine groups is 1. The Labute approximate surface area is 155 Å². The summed E-state index contributed by atoms with van der Waals surface area (Å²) in [6, 6.07) is 13.5. The molecule has 1 aliphatic rings. The van der Waals surface area contributed by atoms with Gasteiger partial charge in [-0.05, 0) is 48.2 Å². The number of aryl methyl sites for hydroxylation is 1. The van der Waals surface area contributed by atoms with Crippen LogP contribution in [0.15, 0.2) is 47.5 Å². The summed E-state index contributed by atoms with van der Waals surface area (Å²) in [5.41, 5.74) is 3.08. The van der Waals surface area contributed by atoms with E-state index < -0.39 is 0 Å². The highest BCUT2D eigenvalue weighted by molar-refractivity contribution is 8.15. The quantitative estimate of drug-likeness (QED) is 0.811. The van der Waals surface area contributed by atoms with Gasteiger partial charge in [-0.3, -0.25) is 4.79 Å².